The molecule has 0 atom stereocenters. The monoisotopic (exact) mass is 326 g/mol. The van der Waals surface area contributed by atoms with Crippen molar-refractivity contribution in [3.63, 3.8) is 0 Å². The highest BCUT2D eigenvalue weighted by Crippen LogP contribution is 2.40. The maximum Gasteiger partial charge on any atom is 0.00472 e. The van der Waals surface area contributed by atoms with Crippen molar-refractivity contribution in [2.24, 2.45) is 11.3 Å². The Kier molecular flexibility index (Phi) is 11.0. The predicted molar refractivity (Wildman–Crippen MR) is 105 cm³/mol. The van der Waals surface area contributed by atoms with E-state index in [0.717, 1.165) is 11.2 Å². The molecule has 22 heavy (non-hydrogen) atoms. The second kappa shape index (κ2) is 11.8. The molecule has 0 aliphatic heterocycles. The van der Waals surface area contributed by atoms with Gasteiger partial charge < -0.3 is 0 Å². The Hall–Kier alpha value is 0.350. The van der Waals surface area contributed by atoms with Crippen molar-refractivity contribution in [1.29, 1.82) is 0 Å². The van der Waals surface area contributed by atoms with E-state index in [9.17, 15) is 0 Å². The zero-order valence-electron chi connectivity index (χ0n) is 16.0. The molecule has 0 heterocycles. The average Bonchev–Trinajstić information content (AvgIpc) is 2.49. The molecule has 0 aromatic heterocycles. The van der Waals surface area contributed by atoms with Crippen LogP contribution in [0.4, 0.5) is 0 Å². The van der Waals surface area contributed by atoms with E-state index in [4.69, 9.17) is 0 Å². The van der Waals surface area contributed by atoms with Gasteiger partial charge in [0.05, 0.1) is 0 Å². The van der Waals surface area contributed by atoms with Crippen LogP contribution in [-0.2, 0) is 0 Å². The molecule has 0 nitrogen and oxygen atoms in total. The van der Waals surface area contributed by atoms with Gasteiger partial charge in [0.15, 0.2) is 0 Å². The van der Waals surface area contributed by atoms with Crippen LogP contribution in [0, 0.1) is 11.3 Å². The maximum atomic E-state index is 2.42. The number of hydrogen-bond acceptors (Lipinski definition) is 1. The quantitative estimate of drug-likeness (QED) is 0.348. The molecule has 1 aliphatic rings. The summed E-state index contributed by atoms with van der Waals surface area (Å²) in [5.74, 6) is 2.39. The fourth-order valence-corrected chi connectivity index (χ4v) is 5.07. The van der Waals surface area contributed by atoms with Gasteiger partial charge in [0.25, 0.3) is 0 Å². The van der Waals surface area contributed by atoms with Crippen molar-refractivity contribution in [2.75, 3.05) is 5.75 Å². The normalized spacial score (nSPS) is 22.9. The molecular weight excluding hydrogens is 284 g/mol. The van der Waals surface area contributed by atoms with Crippen LogP contribution < -0.4 is 0 Å². The fourth-order valence-electron chi connectivity index (χ4n) is 3.76. The van der Waals surface area contributed by atoms with E-state index >= 15 is 0 Å². The van der Waals surface area contributed by atoms with Gasteiger partial charge in [-0.25, -0.2) is 0 Å². The van der Waals surface area contributed by atoms with Gasteiger partial charge in [-0.3, -0.25) is 0 Å². The standard InChI is InChI=1S/C21H42S/c1-5-6-7-8-9-10-11-12-13-18-22-20-16-14-19(15-17-20)21(2,3)4/h19-20H,5-18H2,1-4H3. The summed E-state index contributed by atoms with van der Waals surface area (Å²) in [5, 5.41) is 0.979. The highest BCUT2D eigenvalue weighted by molar-refractivity contribution is 7.99. The minimum absolute atomic E-state index is 0.534. The Labute approximate surface area is 145 Å². The van der Waals surface area contributed by atoms with E-state index in [-0.39, 0.29) is 0 Å². The third-order valence-corrected chi connectivity index (χ3v) is 6.97. The third kappa shape index (κ3) is 9.48. The van der Waals surface area contributed by atoms with Crippen molar-refractivity contribution in [2.45, 2.75) is 116 Å². The molecule has 1 fully saturated rings. The molecule has 0 aromatic carbocycles. The highest BCUT2D eigenvalue weighted by Gasteiger charge is 2.29. The molecule has 132 valence electrons. The smallest absolute Gasteiger partial charge is 0.00472 e. The van der Waals surface area contributed by atoms with Gasteiger partial charge in [-0.2, -0.15) is 11.8 Å². The molecule has 1 rings (SSSR count). The van der Waals surface area contributed by atoms with Crippen LogP contribution in [0.5, 0.6) is 0 Å². The van der Waals surface area contributed by atoms with Gasteiger partial charge in [0.2, 0.25) is 0 Å². The first-order valence-electron chi connectivity index (χ1n) is 10.2. The molecule has 1 saturated carbocycles. The van der Waals surface area contributed by atoms with Crippen LogP contribution in [0.3, 0.4) is 0 Å². The van der Waals surface area contributed by atoms with Crippen LogP contribution in [0.25, 0.3) is 0 Å². The molecule has 0 amide bonds. The molecule has 0 spiro atoms. The molecule has 0 aromatic rings. The summed E-state index contributed by atoms with van der Waals surface area (Å²) in [5.41, 5.74) is 0.534. The minimum atomic E-state index is 0.534. The number of unbranched alkanes of at least 4 members (excludes halogenated alkanes) is 8. The second-order valence-electron chi connectivity index (χ2n) is 8.54. The fraction of sp³-hybridized carbons (Fsp3) is 1.00. The lowest BCUT2D eigenvalue weighted by Gasteiger charge is -2.36. The van der Waals surface area contributed by atoms with Crippen molar-refractivity contribution in [1.82, 2.24) is 0 Å². The molecule has 1 heteroatoms. The topological polar surface area (TPSA) is 0 Å². The lowest BCUT2D eigenvalue weighted by Crippen LogP contribution is -2.26. The first kappa shape index (κ1) is 20.4. The third-order valence-electron chi connectivity index (χ3n) is 5.50. The molecule has 1 aliphatic carbocycles. The number of thioether (sulfide) groups is 1. The number of rotatable bonds is 11. The van der Waals surface area contributed by atoms with Crippen molar-refractivity contribution < 1.29 is 0 Å². The van der Waals surface area contributed by atoms with Crippen LogP contribution in [0.15, 0.2) is 0 Å². The molecule has 0 saturated heterocycles. The van der Waals surface area contributed by atoms with E-state index in [1.807, 2.05) is 0 Å². The van der Waals surface area contributed by atoms with Gasteiger partial charge in [-0.1, -0.05) is 79.1 Å². The Bertz CT molecular complexity index is 245. The predicted octanol–water partition coefficient (Wildman–Crippen LogP) is 7.86. The second-order valence-corrected chi connectivity index (χ2v) is 9.95. The SMILES string of the molecule is CCCCCCCCCCCSC1CCC(C(C)(C)C)CC1. The summed E-state index contributed by atoms with van der Waals surface area (Å²) < 4.78 is 0. The summed E-state index contributed by atoms with van der Waals surface area (Å²) in [6.45, 7) is 9.57. The first-order chi connectivity index (χ1) is 10.5. The van der Waals surface area contributed by atoms with Gasteiger partial charge in [-0.05, 0) is 49.2 Å². The van der Waals surface area contributed by atoms with Crippen molar-refractivity contribution in [3.05, 3.63) is 0 Å². The Morgan fingerprint density at radius 3 is 1.73 bits per heavy atom. The van der Waals surface area contributed by atoms with Crippen molar-refractivity contribution in [3.8, 4) is 0 Å². The average molecular weight is 327 g/mol. The summed E-state index contributed by atoms with van der Waals surface area (Å²) >= 11 is 2.28. The molecule has 0 unspecified atom stereocenters. The molecule has 0 N–H and O–H groups in total. The Morgan fingerprint density at radius 2 is 1.23 bits per heavy atom. The largest absolute Gasteiger partial charge is 0.159 e. The minimum Gasteiger partial charge on any atom is -0.159 e. The van der Waals surface area contributed by atoms with Gasteiger partial charge in [0.1, 0.15) is 0 Å². The van der Waals surface area contributed by atoms with E-state index in [1.54, 1.807) is 0 Å². The summed E-state index contributed by atoms with van der Waals surface area (Å²) in [6, 6.07) is 0. The Balaban J connectivity index is 1.88. The summed E-state index contributed by atoms with van der Waals surface area (Å²) in [4.78, 5) is 0. The lowest BCUT2D eigenvalue weighted by atomic mass is 9.72. The van der Waals surface area contributed by atoms with Crippen LogP contribution in [-0.4, -0.2) is 11.0 Å². The van der Waals surface area contributed by atoms with Gasteiger partial charge >= 0.3 is 0 Å². The van der Waals surface area contributed by atoms with Crippen LogP contribution in [0.1, 0.15) is 111 Å². The molecule has 0 bridgehead atoms. The number of hydrogen-bond donors (Lipinski definition) is 0. The molecule has 0 radical (unpaired) electrons. The lowest BCUT2D eigenvalue weighted by molar-refractivity contribution is 0.182. The zero-order valence-corrected chi connectivity index (χ0v) is 16.8. The highest BCUT2D eigenvalue weighted by atomic mass is 32.2. The first-order valence-corrected chi connectivity index (χ1v) is 11.2. The maximum absolute atomic E-state index is 2.42. The van der Waals surface area contributed by atoms with E-state index in [1.165, 1.54) is 89.2 Å². The summed E-state index contributed by atoms with van der Waals surface area (Å²) in [6.07, 6.45) is 19.0. The zero-order chi connectivity index (χ0) is 16.3. The molecular formula is C21H42S. The van der Waals surface area contributed by atoms with Gasteiger partial charge in [0, 0.05) is 5.25 Å². The van der Waals surface area contributed by atoms with E-state index in [2.05, 4.69) is 39.5 Å². The van der Waals surface area contributed by atoms with Gasteiger partial charge in [-0.15, -0.1) is 0 Å². The van der Waals surface area contributed by atoms with Crippen LogP contribution in [0.2, 0.25) is 0 Å². The van der Waals surface area contributed by atoms with Crippen LogP contribution >= 0.6 is 11.8 Å². The van der Waals surface area contributed by atoms with E-state index in [0.29, 0.717) is 5.41 Å². The summed E-state index contributed by atoms with van der Waals surface area (Å²) in [7, 11) is 0. The van der Waals surface area contributed by atoms with E-state index < -0.39 is 0 Å². The van der Waals surface area contributed by atoms with Crippen molar-refractivity contribution >= 4 is 11.8 Å². The Morgan fingerprint density at radius 1 is 0.727 bits per heavy atom.